The van der Waals surface area contributed by atoms with Crippen molar-refractivity contribution in [3.05, 3.63) is 335 Å². The van der Waals surface area contributed by atoms with Crippen LogP contribution in [0.4, 0.5) is 17.1 Å². The van der Waals surface area contributed by atoms with Crippen LogP contribution in [0.1, 0.15) is 62.3 Å². The molecule has 0 N–H and O–H groups in total. The lowest BCUT2D eigenvalue weighted by Gasteiger charge is -2.50. The number of furan rings is 1. The summed E-state index contributed by atoms with van der Waals surface area (Å²) in [6.45, 7) is 0. The molecule has 3 aliphatic rings. The summed E-state index contributed by atoms with van der Waals surface area (Å²) in [7, 11) is 0. The van der Waals surface area contributed by atoms with Crippen molar-refractivity contribution in [2.45, 2.75) is 23.7 Å². The fraction of sp³-hybridized carbons (Fsp3) is 0.0541. The maximum absolute atomic E-state index is 6.58. The van der Waals surface area contributed by atoms with Crippen LogP contribution in [0.2, 0.25) is 0 Å². The molecule has 76 heavy (non-hydrogen) atoms. The van der Waals surface area contributed by atoms with Crippen LogP contribution >= 0.6 is 0 Å². The average Bonchev–Trinajstić information content (AvgIpc) is 4.06. The van der Waals surface area contributed by atoms with Gasteiger partial charge in [-0.3, -0.25) is 0 Å². The van der Waals surface area contributed by atoms with E-state index >= 15 is 0 Å². The molecule has 358 valence electrons. The zero-order valence-corrected chi connectivity index (χ0v) is 41.9. The minimum atomic E-state index is -0.574. The number of allylic oxidation sites excluding steroid dienone is 1. The summed E-state index contributed by atoms with van der Waals surface area (Å²) in [5.74, 6) is 1.08. The van der Waals surface area contributed by atoms with Crippen molar-refractivity contribution in [1.29, 1.82) is 0 Å². The summed E-state index contributed by atoms with van der Waals surface area (Å²) in [5.41, 5.74) is 24.3. The third-order valence-electron chi connectivity index (χ3n) is 16.7. The zero-order chi connectivity index (χ0) is 50.2. The second kappa shape index (κ2) is 17.6. The van der Waals surface area contributed by atoms with Gasteiger partial charge in [0.05, 0.1) is 10.8 Å². The summed E-state index contributed by atoms with van der Waals surface area (Å²) in [6, 6.07) is 101. The lowest BCUT2D eigenvalue weighted by molar-refractivity contribution is 0.547. The maximum Gasteiger partial charge on any atom is 0.142 e. The van der Waals surface area contributed by atoms with Crippen LogP contribution in [0.5, 0.6) is 0 Å². The lowest BCUT2D eigenvalue weighted by atomic mass is 9.51. The Kier molecular flexibility index (Phi) is 10.2. The van der Waals surface area contributed by atoms with Crippen molar-refractivity contribution in [3.8, 4) is 44.5 Å². The Hall–Kier alpha value is -9.50. The molecular weight excluding hydrogens is 919 g/mol. The monoisotopic (exact) mass is 969 g/mol. The van der Waals surface area contributed by atoms with Crippen molar-refractivity contribution < 1.29 is 4.42 Å². The predicted molar refractivity (Wildman–Crippen MR) is 314 cm³/mol. The number of para-hydroxylation sites is 1. The molecule has 0 aliphatic heterocycles. The predicted octanol–water partition coefficient (Wildman–Crippen LogP) is 18.9. The van der Waals surface area contributed by atoms with Crippen molar-refractivity contribution >= 4 is 34.1 Å². The van der Waals surface area contributed by atoms with Gasteiger partial charge in [0.2, 0.25) is 0 Å². The molecule has 0 amide bonds. The molecule has 1 spiro atoms. The Bertz CT molecular complexity index is 4100. The standard InChI is InChI=1S/C74H51NO/c1-4-20-50(21-5-1)51-38-44-56(45-39-51)75(58-48-42-53(43-49-58)60-29-18-30-62-61-26-11-17-37-70(61)76-72(60)62)57-46-40-52(41-47-57)59-28-19-36-69-71(59)63-27-10-12-31-64(63)74(69)67-34-15-13-32-65(67)73(54-22-6-2-7-23-54,55-24-8-3-9-25-55)66-33-14-16-35-68(66)74/h1-16,18-36,38-49H,17,37H2. The van der Waals surface area contributed by atoms with E-state index in [9.17, 15) is 0 Å². The molecule has 0 fully saturated rings. The van der Waals surface area contributed by atoms with Gasteiger partial charge in [-0.25, -0.2) is 0 Å². The van der Waals surface area contributed by atoms with Gasteiger partial charge in [0, 0.05) is 40.0 Å². The molecule has 2 nitrogen and oxygen atoms in total. The molecule has 12 aromatic rings. The zero-order valence-electron chi connectivity index (χ0n) is 41.9. The van der Waals surface area contributed by atoms with Gasteiger partial charge in [0.15, 0.2) is 0 Å². The van der Waals surface area contributed by atoms with Gasteiger partial charge in [-0.05, 0) is 126 Å². The molecule has 15 rings (SSSR count). The molecule has 0 saturated carbocycles. The van der Waals surface area contributed by atoms with Crippen LogP contribution in [0.15, 0.2) is 283 Å². The van der Waals surface area contributed by atoms with E-state index in [-0.39, 0.29) is 0 Å². The first-order valence-electron chi connectivity index (χ1n) is 26.6. The van der Waals surface area contributed by atoms with Gasteiger partial charge >= 0.3 is 0 Å². The summed E-state index contributed by atoms with van der Waals surface area (Å²) < 4.78 is 6.58. The highest BCUT2D eigenvalue weighted by Gasteiger charge is 2.57. The SMILES string of the molecule is C1=Cc2c(oc3c(-c4ccc(N(c5ccc(-c6ccccc6)cc5)c5ccc(-c6cccc7c6-c6ccccc6C76c7ccccc7C(c7ccccc7)(c7ccccc7)c7ccccc76)cc5)cc4)cccc23)CC1. The number of fused-ring (bicyclic) bond motifs is 12. The third-order valence-corrected chi connectivity index (χ3v) is 16.7. The first-order chi connectivity index (χ1) is 37.7. The van der Waals surface area contributed by atoms with Crippen LogP contribution in [0, 0.1) is 0 Å². The molecule has 0 atom stereocenters. The van der Waals surface area contributed by atoms with Gasteiger partial charge in [0.1, 0.15) is 11.3 Å². The minimum Gasteiger partial charge on any atom is -0.460 e. The largest absolute Gasteiger partial charge is 0.460 e. The topological polar surface area (TPSA) is 16.4 Å². The van der Waals surface area contributed by atoms with Crippen LogP contribution in [0.3, 0.4) is 0 Å². The van der Waals surface area contributed by atoms with E-state index in [4.69, 9.17) is 4.42 Å². The number of hydrogen-bond donors (Lipinski definition) is 0. The highest BCUT2D eigenvalue weighted by atomic mass is 16.3. The molecular formula is C74H51NO. The smallest absolute Gasteiger partial charge is 0.142 e. The van der Waals surface area contributed by atoms with E-state index in [0.717, 1.165) is 52.4 Å². The van der Waals surface area contributed by atoms with Gasteiger partial charge in [-0.15, -0.1) is 0 Å². The van der Waals surface area contributed by atoms with Crippen LogP contribution in [-0.4, -0.2) is 0 Å². The summed E-state index contributed by atoms with van der Waals surface area (Å²) in [5, 5.41) is 1.18. The first kappa shape index (κ1) is 44.0. The van der Waals surface area contributed by atoms with Crippen molar-refractivity contribution in [1.82, 2.24) is 0 Å². The lowest BCUT2D eigenvalue weighted by Crippen LogP contribution is -2.44. The number of anilines is 3. The van der Waals surface area contributed by atoms with E-state index in [0.29, 0.717) is 0 Å². The van der Waals surface area contributed by atoms with E-state index in [2.05, 4.69) is 290 Å². The van der Waals surface area contributed by atoms with Crippen LogP contribution in [0.25, 0.3) is 61.6 Å². The normalized spacial score (nSPS) is 14.1. The molecule has 0 bridgehead atoms. The Balaban J connectivity index is 0.874. The van der Waals surface area contributed by atoms with Gasteiger partial charge in [-0.1, -0.05) is 249 Å². The molecule has 1 aromatic heterocycles. The molecule has 0 saturated heterocycles. The van der Waals surface area contributed by atoms with Gasteiger partial charge < -0.3 is 9.32 Å². The Morgan fingerprint density at radius 1 is 0.329 bits per heavy atom. The molecule has 0 unspecified atom stereocenters. The number of benzene rings is 11. The van der Waals surface area contributed by atoms with E-state index in [1.54, 1.807) is 0 Å². The van der Waals surface area contributed by atoms with Crippen molar-refractivity contribution in [2.75, 3.05) is 4.90 Å². The number of nitrogens with zero attached hydrogens (tertiary/aromatic N) is 1. The van der Waals surface area contributed by atoms with Crippen LogP contribution < -0.4 is 4.90 Å². The highest BCUT2D eigenvalue weighted by molar-refractivity contribution is 6.00. The van der Waals surface area contributed by atoms with Gasteiger partial charge in [-0.2, -0.15) is 0 Å². The second-order valence-electron chi connectivity index (χ2n) is 20.5. The van der Waals surface area contributed by atoms with Crippen molar-refractivity contribution in [2.24, 2.45) is 0 Å². The van der Waals surface area contributed by atoms with Crippen LogP contribution in [-0.2, 0) is 17.3 Å². The first-order valence-corrected chi connectivity index (χ1v) is 26.6. The second-order valence-corrected chi connectivity index (χ2v) is 20.5. The Morgan fingerprint density at radius 2 is 0.763 bits per heavy atom. The van der Waals surface area contributed by atoms with Crippen molar-refractivity contribution in [3.63, 3.8) is 0 Å². The maximum atomic E-state index is 6.58. The highest BCUT2D eigenvalue weighted by Crippen LogP contribution is 2.65. The molecule has 2 heteroatoms. The van der Waals surface area contributed by atoms with E-state index < -0.39 is 10.8 Å². The summed E-state index contributed by atoms with van der Waals surface area (Å²) >= 11 is 0. The number of rotatable bonds is 8. The third kappa shape index (κ3) is 6.47. The molecule has 3 aliphatic carbocycles. The number of hydrogen-bond acceptors (Lipinski definition) is 2. The quantitative estimate of drug-likeness (QED) is 0.151. The van der Waals surface area contributed by atoms with E-state index in [1.807, 2.05) is 0 Å². The molecule has 1 heterocycles. The molecule has 0 radical (unpaired) electrons. The molecule has 11 aromatic carbocycles. The Labute approximate surface area is 444 Å². The average molecular weight is 970 g/mol. The fourth-order valence-corrected chi connectivity index (χ4v) is 13.5. The van der Waals surface area contributed by atoms with E-state index in [1.165, 1.54) is 88.8 Å². The van der Waals surface area contributed by atoms with Gasteiger partial charge in [0.25, 0.3) is 0 Å². The summed E-state index contributed by atoms with van der Waals surface area (Å²) in [4.78, 5) is 2.38. The Morgan fingerprint density at radius 3 is 1.36 bits per heavy atom. The number of aryl methyl sites for hydroxylation is 1. The fourth-order valence-electron chi connectivity index (χ4n) is 13.5. The minimum absolute atomic E-state index is 0.551. The summed E-state index contributed by atoms with van der Waals surface area (Å²) in [6.07, 6.45) is 6.42.